The van der Waals surface area contributed by atoms with E-state index in [0.717, 1.165) is 10.9 Å². The number of benzene rings is 1. The lowest BCUT2D eigenvalue weighted by atomic mass is 10.2. The number of alkyl halides is 3. The second kappa shape index (κ2) is 5.13. The zero-order valence-corrected chi connectivity index (χ0v) is 9.69. The molecule has 1 heterocycles. The minimum atomic E-state index is -4.34. The van der Waals surface area contributed by atoms with Gasteiger partial charge in [-0.3, -0.25) is 9.48 Å². The molecule has 0 aliphatic heterocycles. The maximum Gasteiger partial charge on any atom is 0.408 e. The Morgan fingerprint density at radius 1 is 1.26 bits per heavy atom. The van der Waals surface area contributed by atoms with Crippen LogP contribution in [0.4, 0.5) is 18.9 Å². The predicted molar refractivity (Wildman–Crippen MR) is 62.7 cm³/mol. The molecule has 1 aromatic heterocycles. The number of hydrogen-bond donors (Lipinski definition) is 1. The molecule has 2 aromatic rings. The standard InChI is InChI=1S/C12H10F3N3O/c13-12(14,15)8-18-7-10(6-16-18)17-11(19)9-4-2-1-3-5-9/h1-7H,8H2,(H,17,19). The molecular weight excluding hydrogens is 259 g/mol. The molecule has 0 spiro atoms. The van der Waals surface area contributed by atoms with Gasteiger partial charge in [0.25, 0.3) is 5.91 Å². The van der Waals surface area contributed by atoms with Crippen molar-refractivity contribution in [1.82, 2.24) is 9.78 Å². The third-order valence-electron chi connectivity index (χ3n) is 2.27. The van der Waals surface area contributed by atoms with Crippen molar-refractivity contribution >= 4 is 11.6 Å². The van der Waals surface area contributed by atoms with Crippen molar-refractivity contribution in [3.8, 4) is 0 Å². The van der Waals surface area contributed by atoms with Gasteiger partial charge in [0, 0.05) is 11.8 Å². The zero-order valence-electron chi connectivity index (χ0n) is 9.69. The van der Waals surface area contributed by atoms with Crippen LogP contribution in [0.2, 0.25) is 0 Å². The number of carbonyl (C=O) groups is 1. The van der Waals surface area contributed by atoms with Crippen LogP contribution in [0.5, 0.6) is 0 Å². The van der Waals surface area contributed by atoms with Crippen LogP contribution in [-0.2, 0) is 6.54 Å². The van der Waals surface area contributed by atoms with E-state index in [4.69, 9.17) is 0 Å². The third kappa shape index (κ3) is 3.84. The van der Waals surface area contributed by atoms with E-state index in [-0.39, 0.29) is 5.69 Å². The van der Waals surface area contributed by atoms with Gasteiger partial charge in [-0.05, 0) is 12.1 Å². The Labute approximate surface area is 106 Å². The first-order valence-corrected chi connectivity index (χ1v) is 5.40. The van der Waals surface area contributed by atoms with Crippen LogP contribution in [0.15, 0.2) is 42.7 Å². The van der Waals surface area contributed by atoms with Crippen LogP contribution >= 0.6 is 0 Å². The van der Waals surface area contributed by atoms with E-state index in [0.29, 0.717) is 5.56 Å². The molecular formula is C12H10F3N3O. The van der Waals surface area contributed by atoms with Gasteiger partial charge in [0.1, 0.15) is 6.54 Å². The number of anilines is 1. The lowest BCUT2D eigenvalue weighted by Gasteiger charge is -2.05. The first-order chi connectivity index (χ1) is 8.94. The summed E-state index contributed by atoms with van der Waals surface area (Å²) in [4.78, 5) is 11.7. The van der Waals surface area contributed by atoms with E-state index in [1.807, 2.05) is 0 Å². The Kier molecular flexibility index (Phi) is 3.55. The van der Waals surface area contributed by atoms with Crippen molar-refractivity contribution in [2.75, 3.05) is 5.32 Å². The van der Waals surface area contributed by atoms with Gasteiger partial charge in [-0.2, -0.15) is 18.3 Å². The highest BCUT2D eigenvalue weighted by Gasteiger charge is 2.28. The van der Waals surface area contributed by atoms with Crippen LogP contribution in [0.1, 0.15) is 10.4 Å². The van der Waals surface area contributed by atoms with Crippen LogP contribution < -0.4 is 5.32 Å². The molecule has 0 unspecified atom stereocenters. The summed E-state index contributed by atoms with van der Waals surface area (Å²) in [6, 6.07) is 8.37. The van der Waals surface area contributed by atoms with Gasteiger partial charge in [0.2, 0.25) is 0 Å². The fourth-order valence-electron chi connectivity index (χ4n) is 1.49. The minimum Gasteiger partial charge on any atom is -0.319 e. The van der Waals surface area contributed by atoms with Crippen molar-refractivity contribution in [2.45, 2.75) is 12.7 Å². The SMILES string of the molecule is O=C(Nc1cnn(CC(F)(F)F)c1)c1ccccc1. The molecule has 0 bridgehead atoms. The molecule has 0 aliphatic carbocycles. The Morgan fingerprint density at radius 3 is 2.58 bits per heavy atom. The molecule has 1 N–H and O–H groups in total. The number of rotatable bonds is 3. The summed E-state index contributed by atoms with van der Waals surface area (Å²) in [5.41, 5.74) is 0.643. The summed E-state index contributed by atoms with van der Waals surface area (Å²) in [5, 5.41) is 6.00. The number of aromatic nitrogens is 2. The lowest BCUT2D eigenvalue weighted by molar-refractivity contribution is -0.142. The smallest absolute Gasteiger partial charge is 0.319 e. The fourth-order valence-corrected chi connectivity index (χ4v) is 1.49. The van der Waals surface area contributed by atoms with Crippen molar-refractivity contribution in [2.24, 2.45) is 0 Å². The molecule has 7 heteroatoms. The molecule has 100 valence electrons. The van der Waals surface area contributed by atoms with Crippen molar-refractivity contribution in [3.05, 3.63) is 48.3 Å². The molecule has 0 atom stereocenters. The quantitative estimate of drug-likeness (QED) is 0.931. The third-order valence-corrected chi connectivity index (χ3v) is 2.27. The first kappa shape index (κ1) is 13.1. The van der Waals surface area contributed by atoms with E-state index < -0.39 is 18.6 Å². The van der Waals surface area contributed by atoms with E-state index in [1.165, 1.54) is 6.20 Å². The average Bonchev–Trinajstić information content (AvgIpc) is 2.75. The molecule has 0 fully saturated rings. The van der Waals surface area contributed by atoms with Gasteiger partial charge in [0.15, 0.2) is 0 Å². The zero-order chi connectivity index (χ0) is 13.9. The number of halogens is 3. The summed E-state index contributed by atoms with van der Waals surface area (Å²) in [6.45, 7) is -1.19. The molecule has 0 saturated carbocycles. The maximum absolute atomic E-state index is 12.1. The molecule has 0 radical (unpaired) electrons. The summed E-state index contributed by atoms with van der Waals surface area (Å²) >= 11 is 0. The van der Waals surface area contributed by atoms with E-state index in [9.17, 15) is 18.0 Å². The number of nitrogens with one attached hydrogen (secondary N) is 1. The van der Waals surface area contributed by atoms with Crippen LogP contribution in [0.25, 0.3) is 0 Å². The van der Waals surface area contributed by atoms with Crippen LogP contribution in [-0.4, -0.2) is 21.9 Å². The first-order valence-electron chi connectivity index (χ1n) is 5.40. The second-order valence-corrected chi connectivity index (χ2v) is 3.86. The van der Waals surface area contributed by atoms with Crippen LogP contribution in [0.3, 0.4) is 0 Å². The molecule has 1 aromatic carbocycles. The molecule has 0 aliphatic rings. The number of carbonyl (C=O) groups excluding carboxylic acids is 1. The van der Waals surface area contributed by atoms with Gasteiger partial charge in [-0.1, -0.05) is 18.2 Å². The van der Waals surface area contributed by atoms with Gasteiger partial charge in [-0.25, -0.2) is 0 Å². The minimum absolute atomic E-state index is 0.220. The Bertz CT molecular complexity index is 563. The summed E-state index contributed by atoms with van der Waals surface area (Å²) in [5.74, 6) is -0.396. The monoisotopic (exact) mass is 269 g/mol. The highest BCUT2D eigenvalue weighted by atomic mass is 19.4. The number of hydrogen-bond acceptors (Lipinski definition) is 2. The number of nitrogens with zero attached hydrogens (tertiary/aromatic N) is 2. The van der Waals surface area contributed by atoms with Crippen molar-refractivity contribution in [3.63, 3.8) is 0 Å². The molecule has 1 amide bonds. The summed E-state index contributed by atoms with van der Waals surface area (Å²) < 4.78 is 37.1. The summed E-state index contributed by atoms with van der Waals surface area (Å²) in [6.07, 6.45) is -2.03. The second-order valence-electron chi connectivity index (χ2n) is 3.86. The van der Waals surface area contributed by atoms with Crippen LogP contribution in [0, 0.1) is 0 Å². The van der Waals surface area contributed by atoms with E-state index in [1.54, 1.807) is 30.3 Å². The van der Waals surface area contributed by atoms with Gasteiger partial charge in [-0.15, -0.1) is 0 Å². The van der Waals surface area contributed by atoms with Crippen molar-refractivity contribution < 1.29 is 18.0 Å². The lowest BCUT2D eigenvalue weighted by Crippen LogP contribution is -2.18. The van der Waals surface area contributed by atoms with Gasteiger partial charge < -0.3 is 5.32 Å². The Morgan fingerprint density at radius 2 is 1.95 bits per heavy atom. The molecule has 0 saturated heterocycles. The molecule has 4 nitrogen and oxygen atoms in total. The summed E-state index contributed by atoms with van der Waals surface area (Å²) in [7, 11) is 0. The molecule has 19 heavy (non-hydrogen) atoms. The average molecular weight is 269 g/mol. The highest BCUT2D eigenvalue weighted by Crippen LogP contribution is 2.18. The van der Waals surface area contributed by atoms with Crippen molar-refractivity contribution in [1.29, 1.82) is 0 Å². The Balaban J connectivity index is 2.03. The largest absolute Gasteiger partial charge is 0.408 e. The topological polar surface area (TPSA) is 46.9 Å². The van der Waals surface area contributed by atoms with E-state index in [2.05, 4.69) is 10.4 Å². The van der Waals surface area contributed by atoms with Gasteiger partial charge >= 0.3 is 6.18 Å². The number of amides is 1. The predicted octanol–water partition coefficient (Wildman–Crippen LogP) is 2.70. The molecule has 2 rings (SSSR count). The van der Waals surface area contributed by atoms with Gasteiger partial charge in [0.05, 0.1) is 11.9 Å². The maximum atomic E-state index is 12.1. The normalized spacial score (nSPS) is 11.3. The Hall–Kier alpha value is -2.31. The highest BCUT2D eigenvalue weighted by molar-refractivity contribution is 6.04. The fraction of sp³-hybridized carbons (Fsp3) is 0.167. The van der Waals surface area contributed by atoms with E-state index >= 15 is 0 Å².